The van der Waals surface area contributed by atoms with Crippen LogP contribution < -0.4 is 15.4 Å². The number of nitrogens with one attached hydrogen (secondary N) is 2. The predicted molar refractivity (Wildman–Crippen MR) is 112 cm³/mol. The molecule has 144 valence electrons. The molecule has 0 bridgehead atoms. The summed E-state index contributed by atoms with van der Waals surface area (Å²) < 4.78 is 6.63. The lowest BCUT2D eigenvalue weighted by Gasteiger charge is -2.13. The number of hydrogen-bond donors (Lipinski definition) is 2. The molecule has 6 heteroatoms. The van der Waals surface area contributed by atoms with Crippen LogP contribution in [0.5, 0.6) is 5.75 Å². The molecule has 0 unspecified atom stereocenters. The molecule has 2 aromatic rings. The van der Waals surface area contributed by atoms with Crippen LogP contribution in [0.25, 0.3) is 0 Å². The zero-order valence-corrected chi connectivity index (χ0v) is 17.3. The summed E-state index contributed by atoms with van der Waals surface area (Å²) in [6.45, 7) is 2.74. The van der Waals surface area contributed by atoms with Crippen molar-refractivity contribution in [3.05, 3.63) is 58.1 Å². The highest BCUT2D eigenvalue weighted by Gasteiger charge is 2.14. The van der Waals surface area contributed by atoms with E-state index in [4.69, 9.17) is 4.74 Å². The van der Waals surface area contributed by atoms with Gasteiger partial charge in [0.25, 0.3) is 11.8 Å². The number of unbranched alkanes of at least 4 members (excludes halogenated alkanes) is 3. The van der Waals surface area contributed by atoms with Gasteiger partial charge in [-0.2, -0.15) is 0 Å². The third-order valence-electron chi connectivity index (χ3n) is 4.05. The van der Waals surface area contributed by atoms with Crippen molar-refractivity contribution in [2.75, 3.05) is 19.0 Å². The molecule has 0 fully saturated rings. The van der Waals surface area contributed by atoms with Crippen LogP contribution in [0, 0.1) is 0 Å². The van der Waals surface area contributed by atoms with Crippen molar-refractivity contribution in [1.29, 1.82) is 0 Å². The third-order valence-corrected chi connectivity index (χ3v) is 4.54. The summed E-state index contributed by atoms with van der Waals surface area (Å²) in [5, 5.41) is 5.41. The Kier molecular flexibility index (Phi) is 8.33. The Bertz CT molecular complexity index is 793. The number of amides is 2. The second-order valence-electron chi connectivity index (χ2n) is 6.16. The minimum atomic E-state index is -0.283. The first-order valence-corrected chi connectivity index (χ1v) is 9.90. The van der Waals surface area contributed by atoms with Crippen LogP contribution in [-0.4, -0.2) is 25.5 Å². The topological polar surface area (TPSA) is 67.4 Å². The van der Waals surface area contributed by atoms with Gasteiger partial charge in [0, 0.05) is 22.8 Å². The summed E-state index contributed by atoms with van der Waals surface area (Å²) in [6, 6.07) is 12.2. The van der Waals surface area contributed by atoms with Gasteiger partial charge in [0.1, 0.15) is 5.75 Å². The molecule has 5 nitrogen and oxygen atoms in total. The molecule has 0 saturated heterocycles. The van der Waals surface area contributed by atoms with Gasteiger partial charge in [-0.05, 0) is 42.8 Å². The minimum absolute atomic E-state index is 0.204. The number of rotatable bonds is 9. The van der Waals surface area contributed by atoms with Gasteiger partial charge in [-0.15, -0.1) is 0 Å². The molecule has 0 radical (unpaired) electrons. The van der Waals surface area contributed by atoms with E-state index in [0.29, 0.717) is 29.2 Å². The van der Waals surface area contributed by atoms with E-state index in [2.05, 4.69) is 33.5 Å². The first-order chi connectivity index (χ1) is 13.0. The number of halogens is 1. The molecule has 2 amide bonds. The van der Waals surface area contributed by atoms with Crippen LogP contribution >= 0.6 is 15.9 Å². The van der Waals surface area contributed by atoms with E-state index in [1.54, 1.807) is 43.4 Å². The van der Waals surface area contributed by atoms with Crippen molar-refractivity contribution >= 4 is 33.4 Å². The zero-order valence-electron chi connectivity index (χ0n) is 15.7. The normalized spacial score (nSPS) is 10.3. The van der Waals surface area contributed by atoms with E-state index >= 15 is 0 Å². The van der Waals surface area contributed by atoms with Gasteiger partial charge in [-0.1, -0.05) is 48.2 Å². The van der Waals surface area contributed by atoms with Crippen LogP contribution in [0.1, 0.15) is 53.3 Å². The van der Waals surface area contributed by atoms with E-state index in [9.17, 15) is 9.59 Å². The summed E-state index contributed by atoms with van der Waals surface area (Å²) in [5.41, 5.74) is 1.48. The van der Waals surface area contributed by atoms with E-state index < -0.39 is 0 Å². The average molecular weight is 433 g/mol. The molecule has 0 spiro atoms. The molecule has 0 saturated carbocycles. The fourth-order valence-corrected chi connectivity index (χ4v) is 2.96. The maximum Gasteiger partial charge on any atom is 0.259 e. The lowest BCUT2D eigenvalue weighted by atomic mass is 10.1. The average Bonchev–Trinajstić information content (AvgIpc) is 2.68. The monoisotopic (exact) mass is 432 g/mol. The number of carbonyl (C=O) groups is 2. The highest BCUT2D eigenvalue weighted by atomic mass is 79.9. The molecule has 0 heterocycles. The summed E-state index contributed by atoms with van der Waals surface area (Å²) in [6.07, 6.45) is 4.42. The zero-order chi connectivity index (χ0) is 19.6. The molecule has 2 N–H and O–H groups in total. The number of hydrogen-bond acceptors (Lipinski definition) is 3. The number of carbonyl (C=O) groups excluding carboxylic acids is 2. The molecule has 27 heavy (non-hydrogen) atoms. The molecule has 2 aromatic carbocycles. The Morgan fingerprint density at radius 2 is 1.85 bits per heavy atom. The first kappa shape index (κ1) is 21.0. The van der Waals surface area contributed by atoms with Crippen LogP contribution in [0.15, 0.2) is 46.9 Å². The van der Waals surface area contributed by atoms with Crippen LogP contribution in [0.3, 0.4) is 0 Å². The Balaban J connectivity index is 2.11. The second kappa shape index (κ2) is 10.7. The molecule has 0 aliphatic carbocycles. The molecule has 0 aliphatic rings. The molecule has 0 atom stereocenters. The third kappa shape index (κ3) is 6.40. The molecular weight excluding hydrogens is 408 g/mol. The number of anilines is 1. The van der Waals surface area contributed by atoms with Crippen LogP contribution in [0.4, 0.5) is 5.69 Å². The van der Waals surface area contributed by atoms with Crippen molar-refractivity contribution in [2.24, 2.45) is 0 Å². The summed E-state index contributed by atoms with van der Waals surface area (Å²) >= 11 is 3.40. The standard InChI is InChI=1S/C21H25BrN2O3/c1-3-4-5-6-12-27-19-11-10-16(22)14-18(19)21(26)24-17-9-7-8-15(13-17)20(25)23-2/h7-11,13-14H,3-6,12H2,1-2H3,(H,23,25)(H,24,26). The molecule has 0 aliphatic heterocycles. The van der Waals surface area contributed by atoms with Crippen molar-refractivity contribution in [3.63, 3.8) is 0 Å². The van der Waals surface area contributed by atoms with Crippen LogP contribution in [-0.2, 0) is 0 Å². The number of benzene rings is 2. The van der Waals surface area contributed by atoms with Gasteiger partial charge >= 0.3 is 0 Å². The predicted octanol–water partition coefficient (Wildman–Crippen LogP) is 5.02. The van der Waals surface area contributed by atoms with Crippen molar-refractivity contribution < 1.29 is 14.3 Å². The molecule has 2 rings (SSSR count). The van der Waals surface area contributed by atoms with E-state index in [-0.39, 0.29) is 11.8 Å². The lowest BCUT2D eigenvalue weighted by molar-refractivity contribution is 0.0961. The number of ether oxygens (including phenoxy) is 1. The van der Waals surface area contributed by atoms with E-state index in [1.807, 2.05) is 6.07 Å². The maximum absolute atomic E-state index is 12.8. The molecular formula is C21H25BrN2O3. The van der Waals surface area contributed by atoms with Crippen molar-refractivity contribution in [2.45, 2.75) is 32.6 Å². The fraction of sp³-hybridized carbons (Fsp3) is 0.333. The SMILES string of the molecule is CCCCCCOc1ccc(Br)cc1C(=O)Nc1cccc(C(=O)NC)c1. The van der Waals surface area contributed by atoms with Gasteiger partial charge in [0.15, 0.2) is 0 Å². The summed E-state index contributed by atoms with van der Waals surface area (Å²) in [7, 11) is 1.57. The minimum Gasteiger partial charge on any atom is -0.493 e. The summed E-state index contributed by atoms with van der Waals surface area (Å²) in [4.78, 5) is 24.5. The van der Waals surface area contributed by atoms with Crippen molar-refractivity contribution in [3.8, 4) is 5.75 Å². The van der Waals surface area contributed by atoms with Gasteiger partial charge in [0.05, 0.1) is 12.2 Å². The second-order valence-corrected chi connectivity index (χ2v) is 7.08. The Morgan fingerprint density at radius 1 is 1.04 bits per heavy atom. The summed E-state index contributed by atoms with van der Waals surface area (Å²) in [5.74, 6) is 0.0632. The van der Waals surface area contributed by atoms with E-state index in [1.165, 1.54) is 12.8 Å². The fourth-order valence-electron chi connectivity index (χ4n) is 2.60. The van der Waals surface area contributed by atoms with Gasteiger partial charge in [-0.3, -0.25) is 9.59 Å². The van der Waals surface area contributed by atoms with E-state index in [0.717, 1.165) is 17.3 Å². The van der Waals surface area contributed by atoms with Crippen LogP contribution in [0.2, 0.25) is 0 Å². The highest BCUT2D eigenvalue weighted by molar-refractivity contribution is 9.10. The Labute approximate surface area is 168 Å². The smallest absolute Gasteiger partial charge is 0.259 e. The molecule has 0 aromatic heterocycles. The highest BCUT2D eigenvalue weighted by Crippen LogP contribution is 2.25. The quantitative estimate of drug-likeness (QED) is 0.546. The Hall–Kier alpha value is -2.34. The van der Waals surface area contributed by atoms with Gasteiger partial charge in [-0.25, -0.2) is 0 Å². The Morgan fingerprint density at radius 3 is 2.59 bits per heavy atom. The lowest BCUT2D eigenvalue weighted by Crippen LogP contribution is -2.18. The largest absolute Gasteiger partial charge is 0.493 e. The van der Waals surface area contributed by atoms with Gasteiger partial charge in [0.2, 0.25) is 0 Å². The van der Waals surface area contributed by atoms with Crippen molar-refractivity contribution in [1.82, 2.24) is 5.32 Å². The first-order valence-electron chi connectivity index (χ1n) is 9.11. The van der Waals surface area contributed by atoms with Gasteiger partial charge < -0.3 is 15.4 Å². The maximum atomic E-state index is 12.8.